The van der Waals surface area contributed by atoms with Crippen molar-refractivity contribution in [2.24, 2.45) is 138 Å². The molecule has 68 heavy (non-hydrogen) atoms. The van der Waals surface area contributed by atoms with E-state index in [1.54, 1.807) is 0 Å². The highest BCUT2D eigenvalue weighted by atomic mass is 16.5. The average molecular weight is 1030 g/mol. The third kappa shape index (κ3) is 2120. The number of hydrogen-bond donors (Lipinski definition) is 36. The van der Waals surface area contributed by atoms with Crippen LogP contribution >= 0.6 is 0 Å². The van der Waals surface area contributed by atoms with E-state index in [9.17, 15) is 0 Å². The minimum Gasteiger partial charge on any atom is -0.907 e. The van der Waals surface area contributed by atoms with Crippen molar-refractivity contribution in [2.75, 3.05) is 0 Å². The van der Waals surface area contributed by atoms with Gasteiger partial charge in [0.1, 0.15) is 0 Å². The zero-order valence-electron chi connectivity index (χ0n) is 36.0. The van der Waals surface area contributed by atoms with Crippen molar-refractivity contribution in [3.8, 4) is 0 Å². The van der Waals surface area contributed by atoms with Crippen LogP contribution in [0.2, 0.25) is 0 Å². The van der Waals surface area contributed by atoms with E-state index < -0.39 is 29.3 Å². The van der Waals surface area contributed by atoms with Gasteiger partial charge in [-0.1, -0.05) is 0 Å². The molecule has 0 radical (unpaired) electrons. The lowest BCUT2D eigenvalue weighted by atomic mass is 10.3. The van der Waals surface area contributed by atoms with Crippen molar-refractivity contribution in [1.82, 2.24) is 0 Å². The van der Waals surface area contributed by atoms with Gasteiger partial charge in [0, 0.05) is 0 Å². The summed E-state index contributed by atoms with van der Waals surface area (Å²) in [7, 11) is -11.7. The van der Waals surface area contributed by atoms with Gasteiger partial charge in [-0.15, -0.1) is 0 Å². The number of rotatable bonds is 0. The second-order valence-electron chi connectivity index (χ2n) is 7.15. The summed E-state index contributed by atoms with van der Waals surface area (Å²) in [5, 5.41) is 156. The first kappa shape index (κ1) is 130. The van der Waals surface area contributed by atoms with Crippen LogP contribution < -0.4 is 263 Å². The molecule has 0 aliphatic rings. The highest BCUT2D eigenvalue weighted by Gasteiger charge is 1.67. The third-order valence-corrected chi connectivity index (χ3v) is 0. The predicted molar refractivity (Wildman–Crippen MR) is 221 cm³/mol. The van der Waals surface area contributed by atoms with E-state index in [4.69, 9.17) is 60.3 Å². The zero-order valence-corrected chi connectivity index (χ0v) is 36.0. The summed E-state index contributed by atoms with van der Waals surface area (Å²) in [6, 6.07) is 0. The smallest absolute Gasteiger partial charge is 0.336 e. The Kier molecular flexibility index (Phi) is 238. The van der Waals surface area contributed by atoms with Crippen molar-refractivity contribution >= 4 is 101 Å². The summed E-state index contributed by atoms with van der Waals surface area (Å²) >= 11 is 0. The van der Waals surface area contributed by atoms with Crippen LogP contribution in [0.5, 0.6) is 0 Å². The second-order valence-corrected chi connectivity index (χ2v) is 7.15. The van der Waals surface area contributed by atoms with Gasteiger partial charge in [-0.05, 0) is 0 Å². The molecule has 0 heterocycles. The first-order valence-corrected chi connectivity index (χ1v) is 13.2. The lowest BCUT2D eigenvalue weighted by molar-refractivity contribution is -0.481. The van der Waals surface area contributed by atoms with Gasteiger partial charge in [-0.2, -0.15) is 0 Å². The average Bonchev–Trinajstić information content (AvgIpc) is 2.83. The van der Waals surface area contributed by atoms with Crippen molar-refractivity contribution < 1.29 is 147 Å². The van der Waals surface area contributed by atoms with Crippen molar-refractivity contribution in [3.05, 3.63) is 0 Å². The number of guanidine groups is 12. The molecule has 0 saturated heterocycles. The largest absolute Gasteiger partial charge is 0.907 e. The van der Waals surface area contributed by atoms with Crippen LogP contribution in [0.3, 0.4) is 0 Å². The van der Waals surface area contributed by atoms with Crippen LogP contribution in [0.25, 0.3) is 0 Å². The first-order chi connectivity index (χ1) is 27.7. The van der Waals surface area contributed by atoms with E-state index >= 15 is 0 Å². The van der Waals surface area contributed by atoms with Crippen LogP contribution in [0, 0.1) is 0 Å². The minimum atomic E-state index is -2.92. The summed E-state index contributed by atoms with van der Waals surface area (Å²) in [6.07, 6.45) is 0. The van der Waals surface area contributed by atoms with Crippen LogP contribution in [0.1, 0.15) is 0 Å². The maximum absolute atomic E-state index is 8.42. The molecule has 0 saturated carbocycles. The van der Waals surface area contributed by atoms with Gasteiger partial charge < -0.3 is 82.2 Å². The van der Waals surface area contributed by atoms with E-state index in [1.807, 2.05) is 0 Å². The Hall–Kier alpha value is -9.14. The van der Waals surface area contributed by atoms with E-state index in [1.165, 1.54) is 0 Å². The Labute approximate surface area is 385 Å². The fourth-order valence-corrected chi connectivity index (χ4v) is 0. The zero-order chi connectivity index (χ0) is 57.2. The second kappa shape index (κ2) is 124. The van der Waals surface area contributed by atoms with Crippen LogP contribution in [-0.4, -0.2) is 123 Å². The molecule has 416 valence electrons. The van der Waals surface area contributed by atoms with Gasteiger partial charge in [-0.3, -0.25) is 232 Å². The molecule has 52 nitrogen and oxygen atoms in total. The third-order valence-electron chi connectivity index (χ3n) is 0. The number of nitrogens with two attached hydrogens (primary N) is 36. The predicted octanol–water partition coefficient (Wildman–Crippen LogP) is -54.9. The van der Waals surface area contributed by atoms with Gasteiger partial charge >= 0.3 is 71.5 Å². The van der Waals surface area contributed by atoms with Crippen LogP contribution in [0.4, 0.5) is 0 Å². The van der Waals surface area contributed by atoms with Crippen LogP contribution in [-0.2, 0) is 0 Å². The molecule has 0 aromatic carbocycles. The molecule has 0 amide bonds. The SMILES string of the molecule is NC(N)=[NH2+].NC(N)=[NH2+].NC(N)=[NH2+].NC(N)=[NH2+].NC(N)=[NH2+].NC(N)=[NH2+].NC(N)=[NH2+].NC(N)=[NH2+].NC(N)=[NH2+].NC(N)=[NH2+].NC(N)=[NH2+].NC(N)=[NH2+].O.O.O.O.[O-]B([O-])[O-].[O-]B([O-])[O-].[O-]B([O-])[O-].[O-]B([O-])[O-]. The Morgan fingerprint density at radius 2 is 0.162 bits per heavy atom. The summed E-state index contributed by atoms with van der Waals surface area (Å²) < 4.78 is 0. The molecule has 0 unspecified atom stereocenters. The molecule has 0 aromatic heterocycles. The van der Waals surface area contributed by atoms with E-state index in [0.29, 0.717) is 0 Å². The standard InChI is InChI=1S/12CH5N3.4BO3.4H2O/c16*2-1(3)4;;;;/h12*(H5,2,3,4);;;;;4*1H2/q;;;;;;;;;;;;4*-3;;;;/p+12. The van der Waals surface area contributed by atoms with Gasteiger partial charge in [0.15, 0.2) is 0 Å². The summed E-state index contributed by atoms with van der Waals surface area (Å²) in [4.78, 5) is 0. The monoisotopic (exact) mass is 1030 g/mol. The molecule has 0 aliphatic carbocycles. The quantitative estimate of drug-likeness (QED) is 0.0608. The van der Waals surface area contributed by atoms with E-state index in [-0.39, 0.29) is 93.4 Å². The summed E-state index contributed by atoms with van der Waals surface area (Å²) in [5.41, 5.74) is 110. The molecule has 56 heteroatoms. The fraction of sp³-hybridized carbons (Fsp3) is 0. The Morgan fingerprint density at radius 3 is 0.162 bits per heavy atom. The van der Waals surface area contributed by atoms with Crippen molar-refractivity contribution in [1.29, 1.82) is 0 Å². The van der Waals surface area contributed by atoms with Gasteiger partial charge in [0.05, 0.1) is 0 Å². The minimum absolute atomic E-state index is 0. The Balaban J connectivity index is -0.0000000200. The van der Waals surface area contributed by atoms with Gasteiger partial charge in [-0.25, -0.2) is 0 Å². The molecule has 0 rings (SSSR count). The molecule has 0 aliphatic heterocycles. The highest BCUT2D eigenvalue weighted by Crippen LogP contribution is 1.02. The molecule has 0 fully saturated rings. The van der Waals surface area contributed by atoms with Gasteiger partial charge in [0.25, 0.3) is 0 Å². The Bertz CT molecular complexity index is 790. The number of hydrogen-bond acceptors (Lipinski definition) is 12. The molecule has 0 aromatic rings. The highest BCUT2D eigenvalue weighted by molar-refractivity contribution is 6.24. The van der Waals surface area contributed by atoms with Gasteiger partial charge in [0.2, 0.25) is 0 Å². The molecule has 0 atom stereocenters. The maximum atomic E-state index is 8.42. The molecular weight excluding hydrogens is 948 g/mol. The molecular formula is C12H80B4N36O16. The molecule has 0 spiro atoms. The lowest BCUT2D eigenvalue weighted by Crippen LogP contribution is -2.56. The maximum Gasteiger partial charge on any atom is 0.336 e. The topological polar surface area (TPSA) is 1330 Å². The molecule has 0 bridgehead atoms. The summed E-state index contributed by atoms with van der Waals surface area (Å²) in [5.74, 6) is -1.000. The van der Waals surface area contributed by atoms with Crippen molar-refractivity contribution in [3.63, 3.8) is 0 Å². The Morgan fingerprint density at radius 1 is 0.162 bits per heavy atom. The van der Waals surface area contributed by atoms with Crippen LogP contribution in [0.15, 0.2) is 0 Å². The van der Waals surface area contributed by atoms with Crippen molar-refractivity contribution in [2.45, 2.75) is 0 Å². The van der Waals surface area contributed by atoms with E-state index in [2.05, 4.69) is 203 Å². The lowest BCUT2D eigenvalue weighted by Gasteiger charge is -2.35. The fourth-order valence-electron chi connectivity index (χ4n) is 0. The normalized spacial score (nSPS) is 5.82. The van der Waals surface area contributed by atoms with E-state index in [0.717, 1.165) is 0 Å². The summed E-state index contributed by atoms with van der Waals surface area (Å²) in [6.45, 7) is 0. The molecule has 80 N–H and O–H groups in total. The first-order valence-electron chi connectivity index (χ1n) is 13.2.